The molecule has 0 atom stereocenters. The number of aliphatic hydroxyl groups is 1. The Kier molecular flexibility index (Phi) is 6.35. The Hall–Kier alpha value is -3.33. The van der Waals surface area contributed by atoms with Crippen LogP contribution in [0.2, 0.25) is 0 Å². The molecule has 0 radical (unpaired) electrons. The highest BCUT2D eigenvalue weighted by Gasteiger charge is 2.24. The number of aryl methyl sites for hydroxylation is 7. The highest BCUT2D eigenvalue weighted by molar-refractivity contribution is 6.31. The van der Waals surface area contributed by atoms with Crippen LogP contribution in [0.25, 0.3) is 11.3 Å². The Morgan fingerprint density at radius 3 is 1.52 bits per heavy atom. The minimum atomic E-state index is -0.323. The lowest BCUT2D eigenvalue weighted by atomic mass is 9.88. The van der Waals surface area contributed by atoms with E-state index in [1.54, 1.807) is 0 Å². The molecule has 0 bridgehead atoms. The summed E-state index contributed by atoms with van der Waals surface area (Å²) < 4.78 is 0. The summed E-state index contributed by atoms with van der Waals surface area (Å²) >= 11 is 0. The van der Waals surface area contributed by atoms with Crippen molar-refractivity contribution in [3.05, 3.63) is 98.6 Å². The summed E-state index contributed by atoms with van der Waals surface area (Å²) in [7, 11) is 0. The van der Waals surface area contributed by atoms with Crippen LogP contribution in [0.5, 0.6) is 0 Å². The highest BCUT2D eigenvalue weighted by Crippen LogP contribution is 2.34. The van der Waals surface area contributed by atoms with Crippen LogP contribution >= 0.6 is 0 Å². The minimum absolute atomic E-state index is 0.00895. The standard InChI is InChI=1S/C28H31NO2/c1-16-8-10-23(11-9-16)29-28(31)26(24-19(4)12-17(2)13-20(24)5)27(30)25-21(6)14-18(3)15-22(25)7/h8-15,30H,1-7H3,(H,29,31)/b27-26-. The molecular weight excluding hydrogens is 382 g/mol. The molecule has 3 aromatic rings. The number of hydrogen-bond donors (Lipinski definition) is 2. The number of anilines is 1. The zero-order chi connectivity index (χ0) is 22.9. The molecule has 3 heteroatoms. The second-order valence-corrected chi connectivity index (χ2v) is 8.59. The molecule has 0 unspecified atom stereocenters. The molecule has 3 aromatic carbocycles. The van der Waals surface area contributed by atoms with E-state index in [-0.39, 0.29) is 11.7 Å². The average Bonchev–Trinajstić information content (AvgIpc) is 2.65. The van der Waals surface area contributed by atoms with E-state index >= 15 is 0 Å². The lowest BCUT2D eigenvalue weighted by Crippen LogP contribution is -2.17. The molecule has 0 saturated heterocycles. The summed E-state index contributed by atoms with van der Waals surface area (Å²) in [5.41, 5.74) is 9.64. The van der Waals surface area contributed by atoms with Crippen molar-refractivity contribution in [1.82, 2.24) is 0 Å². The van der Waals surface area contributed by atoms with Gasteiger partial charge in [0.15, 0.2) is 0 Å². The van der Waals surface area contributed by atoms with Gasteiger partial charge in [0.1, 0.15) is 5.76 Å². The summed E-state index contributed by atoms with van der Waals surface area (Å²) in [6.07, 6.45) is 0. The lowest BCUT2D eigenvalue weighted by molar-refractivity contribution is -0.111. The van der Waals surface area contributed by atoms with Crippen LogP contribution in [0.1, 0.15) is 50.1 Å². The van der Waals surface area contributed by atoms with Gasteiger partial charge in [0.2, 0.25) is 0 Å². The maximum absolute atomic E-state index is 13.6. The predicted octanol–water partition coefficient (Wildman–Crippen LogP) is 6.91. The Balaban J connectivity index is 2.26. The maximum Gasteiger partial charge on any atom is 0.260 e. The molecule has 0 aliphatic rings. The Morgan fingerprint density at radius 2 is 1.06 bits per heavy atom. The van der Waals surface area contributed by atoms with Crippen LogP contribution in [0.3, 0.4) is 0 Å². The van der Waals surface area contributed by atoms with Gasteiger partial charge in [0.25, 0.3) is 5.91 Å². The summed E-state index contributed by atoms with van der Waals surface area (Å²) in [5.74, 6) is -0.314. The number of aliphatic hydroxyl groups excluding tert-OH is 1. The van der Waals surface area contributed by atoms with Gasteiger partial charge in [-0.05, 0) is 88.4 Å². The lowest BCUT2D eigenvalue weighted by Gasteiger charge is -2.19. The number of hydrogen-bond acceptors (Lipinski definition) is 2. The molecule has 1 amide bonds. The van der Waals surface area contributed by atoms with Crippen molar-refractivity contribution in [2.24, 2.45) is 0 Å². The molecule has 3 nitrogen and oxygen atoms in total. The second kappa shape index (κ2) is 8.81. The van der Waals surface area contributed by atoms with Crippen molar-refractivity contribution in [2.75, 3.05) is 5.32 Å². The van der Waals surface area contributed by atoms with Crippen LogP contribution in [0.4, 0.5) is 5.69 Å². The van der Waals surface area contributed by atoms with Crippen molar-refractivity contribution >= 4 is 22.9 Å². The van der Waals surface area contributed by atoms with Crippen LogP contribution in [0, 0.1) is 48.5 Å². The summed E-state index contributed by atoms with van der Waals surface area (Å²) in [4.78, 5) is 13.6. The molecule has 2 N–H and O–H groups in total. The Morgan fingerprint density at radius 1 is 0.645 bits per heavy atom. The average molecular weight is 414 g/mol. The third kappa shape index (κ3) is 4.72. The normalized spacial score (nSPS) is 11.8. The van der Waals surface area contributed by atoms with E-state index in [1.165, 1.54) is 0 Å². The highest BCUT2D eigenvalue weighted by atomic mass is 16.3. The van der Waals surface area contributed by atoms with Crippen molar-refractivity contribution in [2.45, 2.75) is 48.5 Å². The fourth-order valence-electron chi connectivity index (χ4n) is 4.42. The molecule has 31 heavy (non-hydrogen) atoms. The number of rotatable bonds is 4. The minimum Gasteiger partial charge on any atom is -0.506 e. The van der Waals surface area contributed by atoms with Gasteiger partial charge in [0, 0.05) is 11.3 Å². The predicted molar refractivity (Wildman–Crippen MR) is 131 cm³/mol. The zero-order valence-corrected chi connectivity index (χ0v) is 19.5. The van der Waals surface area contributed by atoms with Gasteiger partial charge in [0.05, 0.1) is 5.57 Å². The summed E-state index contributed by atoms with van der Waals surface area (Å²) in [6.45, 7) is 14.0. The molecule has 3 rings (SSSR count). The molecular formula is C28H31NO2. The van der Waals surface area contributed by atoms with Crippen LogP contribution < -0.4 is 5.32 Å². The first-order valence-corrected chi connectivity index (χ1v) is 10.6. The molecule has 0 saturated carbocycles. The number of carbonyl (C=O) groups is 1. The smallest absolute Gasteiger partial charge is 0.260 e. The Labute approximate surface area is 185 Å². The van der Waals surface area contributed by atoms with E-state index in [0.717, 1.165) is 44.5 Å². The van der Waals surface area contributed by atoms with Gasteiger partial charge in [-0.15, -0.1) is 0 Å². The van der Waals surface area contributed by atoms with Gasteiger partial charge in [-0.3, -0.25) is 4.79 Å². The first-order chi connectivity index (χ1) is 14.6. The van der Waals surface area contributed by atoms with E-state index in [4.69, 9.17) is 0 Å². The van der Waals surface area contributed by atoms with Crippen LogP contribution in [-0.4, -0.2) is 11.0 Å². The molecule has 0 spiro atoms. The van der Waals surface area contributed by atoms with Gasteiger partial charge in [-0.2, -0.15) is 0 Å². The third-order valence-electron chi connectivity index (χ3n) is 5.61. The topological polar surface area (TPSA) is 49.3 Å². The fourth-order valence-corrected chi connectivity index (χ4v) is 4.42. The van der Waals surface area contributed by atoms with E-state index in [9.17, 15) is 9.90 Å². The number of carbonyl (C=O) groups excluding carboxylic acids is 1. The van der Waals surface area contributed by atoms with Gasteiger partial charge >= 0.3 is 0 Å². The third-order valence-corrected chi connectivity index (χ3v) is 5.61. The fraction of sp³-hybridized carbons (Fsp3) is 0.250. The largest absolute Gasteiger partial charge is 0.506 e. The van der Waals surface area contributed by atoms with E-state index < -0.39 is 0 Å². The number of benzene rings is 3. The van der Waals surface area contributed by atoms with Gasteiger partial charge in [-0.25, -0.2) is 0 Å². The number of amides is 1. The molecule has 0 aliphatic carbocycles. The zero-order valence-electron chi connectivity index (χ0n) is 19.5. The molecule has 160 valence electrons. The molecule has 0 aliphatic heterocycles. The van der Waals surface area contributed by atoms with Crippen molar-refractivity contribution in [3.8, 4) is 0 Å². The monoisotopic (exact) mass is 413 g/mol. The second-order valence-electron chi connectivity index (χ2n) is 8.59. The van der Waals surface area contributed by atoms with Gasteiger partial charge < -0.3 is 10.4 Å². The Bertz CT molecular complexity index is 1140. The maximum atomic E-state index is 13.6. The molecule has 0 fully saturated rings. The van der Waals surface area contributed by atoms with Gasteiger partial charge in [-0.1, -0.05) is 53.1 Å². The SMILES string of the molecule is Cc1ccc(NC(=O)/C(=C(\O)c2c(C)cc(C)cc2C)c2c(C)cc(C)cc2C)cc1. The summed E-state index contributed by atoms with van der Waals surface area (Å²) in [6, 6.07) is 15.8. The quantitative estimate of drug-likeness (QED) is 0.277. The van der Waals surface area contributed by atoms with Crippen molar-refractivity contribution in [3.63, 3.8) is 0 Å². The molecule has 0 heterocycles. The van der Waals surface area contributed by atoms with Crippen molar-refractivity contribution in [1.29, 1.82) is 0 Å². The van der Waals surface area contributed by atoms with Crippen molar-refractivity contribution < 1.29 is 9.90 Å². The molecule has 0 aromatic heterocycles. The van der Waals surface area contributed by atoms with E-state index in [2.05, 4.69) is 5.32 Å². The number of nitrogens with one attached hydrogen (secondary N) is 1. The van der Waals surface area contributed by atoms with E-state index in [1.807, 2.05) is 97.0 Å². The van der Waals surface area contributed by atoms with Crippen LogP contribution in [0.15, 0.2) is 48.5 Å². The first kappa shape index (κ1) is 22.4. The summed E-state index contributed by atoms with van der Waals surface area (Å²) in [5, 5.41) is 14.5. The first-order valence-electron chi connectivity index (χ1n) is 10.6. The van der Waals surface area contributed by atoms with E-state index in [0.29, 0.717) is 16.8 Å². The van der Waals surface area contributed by atoms with Crippen LogP contribution in [-0.2, 0) is 4.79 Å².